The second-order valence-electron chi connectivity index (χ2n) is 4.70. The van der Waals surface area contributed by atoms with E-state index in [0.29, 0.717) is 13.2 Å². The first-order valence-corrected chi connectivity index (χ1v) is 6.50. The molecule has 3 rings (SSSR count). The van der Waals surface area contributed by atoms with Crippen LogP contribution in [0.15, 0.2) is 42.5 Å². The number of benzene rings is 2. The highest BCUT2D eigenvalue weighted by molar-refractivity contribution is 5.47. The van der Waals surface area contributed by atoms with E-state index >= 15 is 0 Å². The van der Waals surface area contributed by atoms with Gasteiger partial charge in [-0.15, -0.1) is 0 Å². The fourth-order valence-corrected chi connectivity index (χ4v) is 2.07. The largest absolute Gasteiger partial charge is 0.486 e. The fraction of sp³-hybridized carbons (Fsp3) is 0.250. The maximum absolute atomic E-state index is 5.58. The molecule has 0 amide bonds. The van der Waals surface area contributed by atoms with Crippen LogP contribution in [-0.2, 0) is 6.54 Å². The molecular formula is C16H17NO2. The zero-order valence-corrected chi connectivity index (χ0v) is 11.0. The Bertz CT molecular complexity index is 563. The molecule has 0 saturated carbocycles. The predicted octanol–water partition coefficient (Wildman–Crippen LogP) is 3.38. The zero-order chi connectivity index (χ0) is 13.1. The van der Waals surface area contributed by atoms with Crippen LogP contribution in [0.1, 0.15) is 11.1 Å². The minimum atomic E-state index is 0.627. The standard InChI is InChI=1S/C16H17NO2/c1-12-2-5-14(6-3-12)17-11-13-4-7-15-16(10-13)19-9-8-18-15/h2-7,10,17H,8-9,11H2,1H3. The van der Waals surface area contributed by atoms with Gasteiger partial charge < -0.3 is 14.8 Å². The highest BCUT2D eigenvalue weighted by atomic mass is 16.6. The maximum Gasteiger partial charge on any atom is 0.161 e. The Morgan fingerprint density at radius 1 is 0.947 bits per heavy atom. The molecule has 3 heteroatoms. The smallest absolute Gasteiger partial charge is 0.161 e. The van der Waals surface area contributed by atoms with Gasteiger partial charge in [-0.1, -0.05) is 23.8 Å². The molecule has 1 N–H and O–H groups in total. The van der Waals surface area contributed by atoms with Gasteiger partial charge in [0, 0.05) is 12.2 Å². The SMILES string of the molecule is Cc1ccc(NCc2ccc3c(c2)OCCO3)cc1. The van der Waals surface area contributed by atoms with E-state index in [-0.39, 0.29) is 0 Å². The van der Waals surface area contributed by atoms with Gasteiger partial charge in [0.25, 0.3) is 0 Å². The van der Waals surface area contributed by atoms with Gasteiger partial charge in [0.05, 0.1) is 0 Å². The van der Waals surface area contributed by atoms with Crippen molar-refractivity contribution in [2.45, 2.75) is 13.5 Å². The van der Waals surface area contributed by atoms with Gasteiger partial charge in [-0.3, -0.25) is 0 Å². The van der Waals surface area contributed by atoms with Crippen LogP contribution in [0, 0.1) is 6.92 Å². The third kappa shape index (κ3) is 2.81. The van der Waals surface area contributed by atoms with Crippen LogP contribution in [0.5, 0.6) is 11.5 Å². The first-order valence-electron chi connectivity index (χ1n) is 6.50. The summed E-state index contributed by atoms with van der Waals surface area (Å²) in [6.45, 7) is 4.13. The van der Waals surface area contributed by atoms with E-state index in [9.17, 15) is 0 Å². The molecule has 19 heavy (non-hydrogen) atoms. The van der Waals surface area contributed by atoms with Crippen LogP contribution in [0.4, 0.5) is 5.69 Å². The lowest BCUT2D eigenvalue weighted by Crippen LogP contribution is -2.15. The van der Waals surface area contributed by atoms with E-state index in [1.807, 2.05) is 12.1 Å². The molecule has 0 saturated heterocycles. The molecule has 2 aromatic rings. The molecule has 3 nitrogen and oxygen atoms in total. The Balaban J connectivity index is 1.68. The van der Waals surface area contributed by atoms with E-state index in [1.165, 1.54) is 11.1 Å². The maximum atomic E-state index is 5.58. The van der Waals surface area contributed by atoms with Crippen molar-refractivity contribution in [3.63, 3.8) is 0 Å². The van der Waals surface area contributed by atoms with E-state index < -0.39 is 0 Å². The Hall–Kier alpha value is -2.16. The number of hydrogen-bond acceptors (Lipinski definition) is 3. The molecule has 2 aromatic carbocycles. The summed E-state index contributed by atoms with van der Waals surface area (Å²) in [7, 11) is 0. The summed E-state index contributed by atoms with van der Waals surface area (Å²) in [6.07, 6.45) is 0. The van der Waals surface area contributed by atoms with E-state index in [2.05, 4.69) is 42.6 Å². The quantitative estimate of drug-likeness (QED) is 0.912. The van der Waals surface area contributed by atoms with Gasteiger partial charge in [-0.05, 0) is 36.8 Å². The van der Waals surface area contributed by atoms with Gasteiger partial charge >= 0.3 is 0 Å². The van der Waals surface area contributed by atoms with E-state index in [1.54, 1.807) is 0 Å². The van der Waals surface area contributed by atoms with Crippen LogP contribution in [0.3, 0.4) is 0 Å². The number of rotatable bonds is 3. The summed E-state index contributed by atoms with van der Waals surface area (Å²) in [5.41, 5.74) is 3.58. The van der Waals surface area contributed by atoms with Crippen LogP contribution in [-0.4, -0.2) is 13.2 Å². The van der Waals surface area contributed by atoms with Gasteiger partial charge in [0.2, 0.25) is 0 Å². The van der Waals surface area contributed by atoms with Gasteiger partial charge in [0.15, 0.2) is 11.5 Å². The summed E-state index contributed by atoms with van der Waals surface area (Å²) in [4.78, 5) is 0. The first-order chi connectivity index (χ1) is 9.31. The fourth-order valence-electron chi connectivity index (χ4n) is 2.07. The monoisotopic (exact) mass is 255 g/mol. The summed E-state index contributed by atoms with van der Waals surface area (Å²) in [5.74, 6) is 1.68. The average molecular weight is 255 g/mol. The molecular weight excluding hydrogens is 238 g/mol. The lowest BCUT2D eigenvalue weighted by molar-refractivity contribution is 0.171. The molecule has 0 unspecified atom stereocenters. The van der Waals surface area contributed by atoms with Crippen molar-refractivity contribution < 1.29 is 9.47 Å². The third-order valence-electron chi connectivity index (χ3n) is 3.15. The Labute approximate surface area is 113 Å². The second kappa shape index (κ2) is 5.22. The zero-order valence-electron chi connectivity index (χ0n) is 11.0. The molecule has 1 heterocycles. The highest BCUT2D eigenvalue weighted by Crippen LogP contribution is 2.30. The second-order valence-corrected chi connectivity index (χ2v) is 4.70. The van der Waals surface area contributed by atoms with Crippen molar-refractivity contribution in [1.29, 1.82) is 0 Å². The molecule has 0 aliphatic carbocycles. The van der Waals surface area contributed by atoms with Crippen molar-refractivity contribution >= 4 is 5.69 Å². The number of aryl methyl sites for hydroxylation is 1. The summed E-state index contributed by atoms with van der Waals surface area (Å²) in [5, 5.41) is 3.40. The van der Waals surface area contributed by atoms with Crippen molar-refractivity contribution in [2.24, 2.45) is 0 Å². The molecule has 0 radical (unpaired) electrons. The average Bonchev–Trinajstić information content (AvgIpc) is 2.46. The highest BCUT2D eigenvalue weighted by Gasteiger charge is 2.11. The van der Waals surface area contributed by atoms with Gasteiger partial charge in [-0.25, -0.2) is 0 Å². The summed E-state index contributed by atoms with van der Waals surface area (Å²) < 4.78 is 11.1. The van der Waals surface area contributed by atoms with Crippen molar-refractivity contribution in [3.8, 4) is 11.5 Å². The molecule has 1 aliphatic rings. The number of nitrogens with one attached hydrogen (secondary N) is 1. The van der Waals surface area contributed by atoms with Crippen molar-refractivity contribution in [3.05, 3.63) is 53.6 Å². The molecule has 0 atom stereocenters. The predicted molar refractivity (Wildman–Crippen MR) is 75.9 cm³/mol. The van der Waals surface area contributed by atoms with E-state index in [0.717, 1.165) is 23.7 Å². The number of ether oxygens (including phenoxy) is 2. The molecule has 0 aromatic heterocycles. The van der Waals surface area contributed by atoms with E-state index in [4.69, 9.17) is 9.47 Å². The van der Waals surface area contributed by atoms with Crippen molar-refractivity contribution in [1.82, 2.24) is 0 Å². The van der Waals surface area contributed by atoms with Crippen LogP contribution in [0.25, 0.3) is 0 Å². The Morgan fingerprint density at radius 3 is 2.47 bits per heavy atom. The molecule has 0 fully saturated rings. The number of hydrogen-bond donors (Lipinski definition) is 1. The molecule has 0 bridgehead atoms. The van der Waals surface area contributed by atoms with Gasteiger partial charge in [0.1, 0.15) is 13.2 Å². The minimum Gasteiger partial charge on any atom is -0.486 e. The minimum absolute atomic E-state index is 0.627. The normalized spacial score (nSPS) is 13.1. The van der Waals surface area contributed by atoms with Crippen LogP contribution < -0.4 is 14.8 Å². The molecule has 0 spiro atoms. The van der Waals surface area contributed by atoms with Crippen LogP contribution >= 0.6 is 0 Å². The van der Waals surface area contributed by atoms with Crippen LogP contribution in [0.2, 0.25) is 0 Å². The topological polar surface area (TPSA) is 30.5 Å². The number of fused-ring (bicyclic) bond motifs is 1. The molecule has 1 aliphatic heterocycles. The van der Waals surface area contributed by atoms with Crippen molar-refractivity contribution in [2.75, 3.05) is 18.5 Å². The Morgan fingerprint density at radius 2 is 1.68 bits per heavy atom. The third-order valence-corrected chi connectivity index (χ3v) is 3.15. The molecule has 98 valence electrons. The summed E-state index contributed by atoms with van der Waals surface area (Å²) >= 11 is 0. The van der Waals surface area contributed by atoms with Gasteiger partial charge in [-0.2, -0.15) is 0 Å². The lowest BCUT2D eigenvalue weighted by atomic mass is 10.2. The lowest BCUT2D eigenvalue weighted by Gasteiger charge is -2.19. The first kappa shape index (κ1) is 11.9. The summed E-state index contributed by atoms with van der Waals surface area (Å²) in [6, 6.07) is 14.5. The Kier molecular flexibility index (Phi) is 3.27. The number of anilines is 1.